The highest BCUT2D eigenvalue weighted by Gasteiger charge is 2.13. The number of carbonyl (C=O) groups is 1. The predicted molar refractivity (Wildman–Crippen MR) is 85.8 cm³/mol. The van der Waals surface area contributed by atoms with Crippen LogP contribution >= 0.6 is 11.5 Å². The summed E-state index contributed by atoms with van der Waals surface area (Å²) in [6, 6.07) is 3.44. The summed E-state index contributed by atoms with van der Waals surface area (Å²) in [7, 11) is 4.58. The van der Waals surface area contributed by atoms with Crippen LogP contribution in [-0.2, 0) is 0 Å². The van der Waals surface area contributed by atoms with E-state index >= 15 is 0 Å². The minimum absolute atomic E-state index is 0.360. The van der Waals surface area contributed by atoms with Crippen LogP contribution in [0, 0.1) is 6.92 Å². The number of aromatic nitrogens is 2. The molecular weight excluding hydrogens is 320 g/mol. The zero-order valence-corrected chi connectivity index (χ0v) is 13.9. The number of nitrogens with one attached hydrogen (secondary N) is 1. The summed E-state index contributed by atoms with van der Waals surface area (Å²) in [5.74, 6) is 1.13. The number of hydrogen-bond donors (Lipinski definition) is 1. The molecule has 1 aromatic heterocycles. The third-order valence-corrected chi connectivity index (χ3v) is 3.75. The molecule has 1 amide bonds. The van der Waals surface area contributed by atoms with E-state index < -0.39 is 0 Å². The Morgan fingerprint density at radius 3 is 2.35 bits per heavy atom. The second-order valence-electron chi connectivity index (χ2n) is 4.35. The molecule has 0 aliphatic heterocycles. The summed E-state index contributed by atoms with van der Waals surface area (Å²) in [6.07, 6.45) is 1.48. The zero-order valence-electron chi connectivity index (χ0n) is 13.1. The van der Waals surface area contributed by atoms with Crippen LogP contribution in [0.4, 0.5) is 0 Å². The van der Waals surface area contributed by atoms with Gasteiger partial charge in [0.1, 0.15) is 4.88 Å². The number of aryl methyl sites for hydroxylation is 1. The first-order valence-electron chi connectivity index (χ1n) is 6.53. The largest absolute Gasteiger partial charge is 0.493 e. The molecule has 0 bridgehead atoms. The maximum Gasteiger partial charge on any atom is 0.285 e. The number of benzene rings is 1. The van der Waals surface area contributed by atoms with Crippen molar-refractivity contribution < 1.29 is 19.0 Å². The standard InChI is InChI=1S/C14H16N4O4S/c1-8-13(23-18-16-8)14(19)17-15-7-9-5-10(20-2)12(22-4)11(6-9)21-3/h5-7H,1-4H3,(H,17,19)/b15-7+. The number of carbonyl (C=O) groups excluding carboxylic acids is 1. The Labute approximate surface area is 137 Å². The second kappa shape index (κ2) is 7.54. The SMILES string of the molecule is COc1cc(/C=N/NC(=O)c2snnc2C)cc(OC)c1OC. The number of hydrogen-bond acceptors (Lipinski definition) is 8. The molecule has 23 heavy (non-hydrogen) atoms. The van der Waals surface area contributed by atoms with E-state index in [9.17, 15) is 4.79 Å². The Morgan fingerprint density at radius 2 is 1.87 bits per heavy atom. The van der Waals surface area contributed by atoms with Crippen molar-refractivity contribution in [3.05, 3.63) is 28.3 Å². The van der Waals surface area contributed by atoms with E-state index in [4.69, 9.17) is 14.2 Å². The lowest BCUT2D eigenvalue weighted by Crippen LogP contribution is -2.17. The number of amides is 1. The van der Waals surface area contributed by atoms with Crippen LogP contribution < -0.4 is 19.6 Å². The quantitative estimate of drug-likeness (QED) is 0.636. The van der Waals surface area contributed by atoms with Gasteiger partial charge in [-0.15, -0.1) is 5.10 Å². The van der Waals surface area contributed by atoms with Gasteiger partial charge in [0.05, 0.1) is 33.2 Å². The summed E-state index contributed by atoms with van der Waals surface area (Å²) in [6.45, 7) is 1.71. The molecule has 2 rings (SSSR count). The highest BCUT2D eigenvalue weighted by molar-refractivity contribution is 7.07. The number of ether oxygens (including phenoxy) is 3. The van der Waals surface area contributed by atoms with Gasteiger partial charge < -0.3 is 14.2 Å². The fourth-order valence-corrected chi connectivity index (χ4v) is 2.38. The van der Waals surface area contributed by atoms with Crippen molar-refractivity contribution in [3.8, 4) is 17.2 Å². The van der Waals surface area contributed by atoms with Gasteiger partial charge in [0, 0.05) is 5.56 Å². The molecule has 0 aliphatic carbocycles. The molecule has 1 heterocycles. The number of nitrogens with zero attached hydrogens (tertiary/aromatic N) is 3. The Balaban J connectivity index is 2.16. The summed E-state index contributed by atoms with van der Waals surface area (Å²) in [4.78, 5) is 12.3. The van der Waals surface area contributed by atoms with Crippen LogP contribution in [0.1, 0.15) is 20.9 Å². The Kier molecular flexibility index (Phi) is 5.47. The molecule has 8 nitrogen and oxygen atoms in total. The number of methoxy groups -OCH3 is 3. The second-order valence-corrected chi connectivity index (χ2v) is 5.10. The zero-order chi connectivity index (χ0) is 16.8. The normalized spacial score (nSPS) is 10.6. The fraction of sp³-hybridized carbons (Fsp3) is 0.286. The minimum Gasteiger partial charge on any atom is -0.493 e. The van der Waals surface area contributed by atoms with Crippen molar-refractivity contribution in [2.45, 2.75) is 6.92 Å². The van der Waals surface area contributed by atoms with Crippen molar-refractivity contribution in [1.29, 1.82) is 0 Å². The molecule has 1 N–H and O–H groups in total. The van der Waals surface area contributed by atoms with Crippen molar-refractivity contribution in [2.75, 3.05) is 21.3 Å². The molecule has 0 radical (unpaired) electrons. The highest BCUT2D eigenvalue weighted by atomic mass is 32.1. The fourth-order valence-electron chi connectivity index (χ4n) is 1.83. The minimum atomic E-state index is -0.360. The van der Waals surface area contributed by atoms with Gasteiger partial charge >= 0.3 is 0 Å². The third-order valence-electron chi connectivity index (χ3n) is 2.92. The molecule has 1 aromatic carbocycles. The van der Waals surface area contributed by atoms with E-state index in [-0.39, 0.29) is 5.91 Å². The Morgan fingerprint density at radius 1 is 1.22 bits per heavy atom. The van der Waals surface area contributed by atoms with Gasteiger partial charge in [-0.2, -0.15) is 5.10 Å². The first kappa shape index (κ1) is 16.7. The maximum atomic E-state index is 11.9. The molecule has 2 aromatic rings. The Bertz CT molecular complexity index is 704. The van der Waals surface area contributed by atoms with Crippen molar-refractivity contribution in [1.82, 2.24) is 15.0 Å². The molecule has 0 unspecified atom stereocenters. The average Bonchev–Trinajstić information content (AvgIpc) is 2.99. The van der Waals surface area contributed by atoms with Crippen LogP contribution in [0.25, 0.3) is 0 Å². The van der Waals surface area contributed by atoms with Gasteiger partial charge in [0.25, 0.3) is 5.91 Å². The predicted octanol–water partition coefficient (Wildman–Crippen LogP) is 1.64. The van der Waals surface area contributed by atoms with Crippen molar-refractivity contribution in [3.63, 3.8) is 0 Å². The molecular formula is C14H16N4O4S. The van der Waals surface area contributed by atoms with Crippen LogP contribution in [0.2, 0.25) is 0 Å². The van der Waals surface area contributed by atoms with Crippen molar-refractivity contribution in [2.24, 2.45) is 5.10 Å². The van der Waals surface area contributed by atoms with Crippen molar-refractivity contribution >= 4 is 23.7 Å². The smallest absolute Gasteiger partial charge is 0.285 e. The molecule has 0 atom stereocenters. The van der Waals surface area contributed by atoms with E-state index in [0.717, 1.165) is 11.5 Å². The highest BCUT2D eigenvalue weighted by Crippen LogP contribution is 2.37. The van der Waals surface area contributed by atoms with Gasteiger partial charge in [-0.05, 0) is 30.6 Å². The lowest BCUT2D eigenvalue weighted by Gasteiger charge is -2.12. The maximum absolute atomic E-state index is 11.9. The van der Waals surface area contributed by atoms with Crippen LogP contribution in [0.15, 0.2) is 17.2 Å². The Hall–Kier alpha value is -2.68. The first-order valence-corrected chi connectivity index (χ1v) is 7.30. The first-order chi connectivity index (χ1) is 11.1. The van der Waals surface area contributed by atoms with Crippen LogP contribution in [0.5, 0.6) is 17.2 Å². The summed E-state index contributed by atoms with van der Waals surface area (Å²) in [5.41, 5.74) is 3.67. The van der Waals surface area contributed by atoms with Gasteiger partial charge in [-0.25, -0.2) is 5.43 Å². The van der Waals surface area contributed by atoms with Crippen LogP contribution in [-0.4, -0.2) is 43.0 Å². The lowest BCUT2D eigenvalue weighted by molar-refractivity contribution is 0.0958. The summed E-state index contributed by atoms with van der Waals surface area (Å²) in [5, 5.41) is 7.70. The summed E-state index contributed by atoms with van der Waals surface area (Å²) >= 11 is 1.02. The van der Waals surface area contributed by atoms with E-state index in [1.807, 2.05) is 0 Å². The molecule has 0 spiro atoms. The molecule has 122 valence electrons. The summed E-state index contributed by atoms with van der Waals surface area (Å²) < 4.78 is 19.5. The van der Waals surface area contributed by atoms with E-state index in [2.05, 4.69) is 20.1 Å². The van der Waals surface area contributed by atoms with E-state index in [0.29, 0.717) is 33.4 Å². The van der Waals surface area contributed by atoms with Crippen LogP contribution in [0.3, 0.4) is 0 Å². The molecule has 9 heteroatoms. The average molecular weight is 336 g/mol. The molecule has 0 saturated heterocycles. The van der Waals surface area contributed by atoms with Gasteiger partial charge in [-0.3, -0.25) is 4.79 Å². The number of hydrazone groups is 1. The van der Waals surface area contributed by atoms with Gasteiger partial charge in [0.15, 0.2) is 11.5 Å². The van der Waals surface area contributed by atoms with Gasteiger partial charge in [0.2, 0.25) is 5.75 Å². The van der Waals surface area contributed by atoms with E-state index in [1.54, 1.807) is 19.1 Å². The van der Waals surface area contributed by atoms with Gasteiger partial charge in [-0.1, -0.05) is 4.49 Å². The monoisotopic (exact) mass is 336 g/mol. The molecule has 0 saturated carbocycles. The van der Waals surface area contributed by atoms with E-state index in [1.165, 1.54) is 27.5 Å². The molecule has 0 aliphatic rings. The third kappa shape index (κ3) is 3.75. The lowest BCUT2D eigenvalue weighted by atomic mass is 10.2. The molecule has 0 fully saturated rings. The number of rotatable bonds is 6. The topological polar surface area (TPSA) is 94.9 Å².